The van der Waals surface area contributed by atoms with Gasteiger partial charge in [-0.1, -0.05) is 6.07 Å². The highest BCUT2D eigenvalue weighted by atomic mass is 16.5. The van der Waals surface area contributed by atoms with E-state index in [1.54, 1.807) is 24.1 Å². The number of carbonyl (C=O) groups excluding carboxylic acids is 2. The minimum absolute atomic E-state index is 0.0247. The normalized spacial score (nSPS) is 13.3. The van der Waals surface area contributed by atoms with Gasteiger partial charge in [0.25, 0.3) is 5.91 Å². The van der Waals surface area contributed by atoms with Crippen molar-refractivity contribution in [3.8, 4) is 0 Å². The number of anilines is 1. The number of likely N-dealkylation sites (N-methyl/N-ethyl adjacent to an activating group) is 1. The summed E-state index contributed by atoms with van der Waals surface area (Å²) >= 11 is 0. The molecule has 5 heteroatoms. The van der Waals surface area contributed by atoms with Crippen molar-refractivity contribution in [1.29, 1.82) is 0 Å². The minimum Gasteiger partial charge on any atom is -0.377 e. The minimum atomic E-state index is -0.0682. The van der Waals surface area contributed by atoms with Crippen molar-refractivity contribution in [3.63, 3.8) is 0 Å². The molecule has 0 unspecified atom stereocenters. The van der Waals surface area contributed by atoms with Crippen LogP contribution >= 0.6 is 0 Å². The molecule has 1 aromatic rings. The van der Waals surface area contributed by atoms with E-state index in [4.69, 9.17) is 4.74 Å². The Balaban J connectivity index is 1.99. The van der Waals surface area contributed by atoms with Crippen LogP contribution in [0.3, 0.4) is 0 Å². The van der Waals surface area contributed by atoms with Crippen LogP contribution in [-0.4, -0.2) is 43.0 Å². The van der Waals surface area contributed by atoms with E-state index in [9.17, 15) is 9.59 Å². The number of hydrogen-bond acceptors (Lipinski definition) is 3. The predicted molar refractivity (Wildman–Crippen MR) is 76.8 cm³/mol. The van der Waals surface area contributed by atoms with Gasteiger partial charge in [0, 0.05) is 24.8 Å². The number of fused-ring (bicyclic) bond motifs is 1. The number of hydrogen-bond donors (Lipinski definition) is 1. The summed E-state index contributed by atoms with van der Waals surface area (Å²) in [5.74, 6) is -0.0930. The Hall–Kier alpha value is -1.88. The van der Waals surface area contributed by atoms with Crippen LogP contribution in [0.5, 0.6) is 0 Å². The topological polar surface area (TPSA) is 58.6 Å². The van der Waals surface area contributed by atoms with Gasteiger partial charge in [0.15, 0.2) is 0 Å². The third-order valence-electron chi connectivity index (χ3n) is 3.21. The van der Waals surface area contributed by atoms with E-state index in [-0.39, 0.29) is 17.9 Å². The van der Waals surface area contributed by atoms with Crippen LogP contribution in [0.1, 0.15) is 29.8 Å². The molecule has 1 aliphatic rings. The Labute approximate surface area is 118 Å². The third-order valence-corrected chi connectivity index (χ3v) is 3.21. The van der Waals surface area contributed by atoms with Gasteiger partial charge in [-0.25, -0.2) is 0 Å². The van der Waals surface area contributed by atoms with Crippen LogP contribution in [0.15, 0.2) is 18.2 Å². The summed E-state index contributed by atoms with van der Waals surface area (Å²) in [6.45, 7) is 4.98. The first-order chi connectivity index (χ1) is 9.47. The number of nitrogens with one attached hydrogen (secondary N) is 1. The fourth-order valence-corrected chi connectivity index (χ4v) is 2.09. The molecule has 108 valence electrons. The molecule has 1 aliphatic heterocycles. The molecule has 20 heavy (non-hydrogen) atoms. The monoisotopic (exact) mass is 276 g/mol. The van der Waals surface area contributed by atoms with Gasteiger partial charge in [-0.15, -0.1) is 0 Å². The molecule has 0 spiro atoms. The molecule has 1 aromatic carbocycles. The molecular weight excluding hydrogens is 256 g/mol. The molecule has 5 nitrogen and oxygen atoms in total. The maximum Gasteiger partial charge on any atom is 0.253 e. The van der Waals surface area contributed by atoms with Gasteiger partial charge in [0.1, 0.15) is 0 Å². The summed E-state index contributed by atoms with van der Waals surface area (Å²) in [4.78, 5) is 25.2. The molecular formula is C15H20N2O3. The van der Waals surface area contributed by atoms with Crippen LogP contribution in [0.25, 0.3) is 0 Å². The van der Waals surface area contributed by atoms with E-state index in [1.807, 2.05) is 19.9 Å². The zero-order valence-corrected chi connectivity index (χ0v) is 12.1. The summed E-state index contributed by atoms with van der Waals surface area (Å²) in [5, 5.41) is 2.76. The van der Waals surface area contributed by atoms with E-state index < -0.39 is 0 Å². The summed E-state index contributed by atoms with van der Waals surface area (Å²) in [7, 11) is 1.75. The van der Waals surface area contributed by atoms with Crippen molar-refractivity contribution < 1.29 is 14.3 Å². The Bertz CT molecular complexity index is 526. The molecule has 0 atom stereocenters. The molecule has 0 saturated carbocycles. The molecule has 0 aliphatic carbocycles. The van der Waals surface area contributed by atoms with Gasteiger partial charge in [-0.05, 0) is 31.5 Å². The second kappa shape index (κ2) is 6.05. The smallest absolute Gasteiger partial charge is 0.253 e. The number of ether oxygens (including phenoxy) is 1. The van der Waals surface area contributed by atoms with Crippen molar-refractivity contribution in [2.24, 2.45) is 0 Å². The maximum atomic E-state index is 12.3. The van der Waals surface area contributed by atoms with Crippen LogP contribution < -0.4 is 5.32 Å². The fraction of sp³-hybridized carbons (Fsp3) is 0.467. The average Bonchev–Trinajstić information content (AvgIpc) is 2.76. The second-order valence-electron chi connectivity index (χ2n) is 5.24. The quantitative estimate of drug-likeness (QED) is 0.890. The first kappa shape index (κ1) is 14.5. The lowest BCUT2D eigenvalue weighted by Crippen LogP contribution is -2.30. The number of nitrogens with zero attached hydrogens (tertiary/aromatic N) is 1. The molecule has 0 bridgehead atoms. The van der Waals surface area contributed by atoms with E-state index in [0.29, 0.717) is 25.1 Å². The Kier molecular flexibility index (Phi) is 4.39. The largest absolute Gasteiger partial charge is 0.377 e. The fourth-order valence-electron chi connectivity index (χ4n) is 2.09. The van der Waals surface area contributed by atoms with Gasteiger partial charge in [-0.3, -0.25) is 9.59 Å². The van der Waals surface area contributed by atoms with Gasteiger partial charge < -0.3 is 15.0 Å². The lowest BCUT2D eigenvalue weighted by Gasteiger charge is -2.18. The molecule has 2 amide bonds. The van der Waals surface area contributed by atoms with Crippen molar-refractivity contribution in [2.45, 2.75) is 26.4 Å². The van der Waals surface area contributed by atoms with Crippen molar-refractivity contribution in [2.75, 3.05) is 25.5 Å². The molecule has 0 fully saturated rings. The van der Waals surface area contributed by atoms with Gasteiger partial charge in [0.2, 0.25) is 5.91 Å². The van der Waals surface area contributed by atoms with Crippen LogP contribution in [0, 0.1) is 0 Å². The zero-order chi connectivity index (χ0) is 14.7. The van der Waals surface area contributed by atoms with E-state index in [1.165, 1.54) is 0 Å². The summed E-state index contributed by atoms with van der Waals surface area (Å²) in [5.41, 5.74) is 2.27. The SMILES string of the molecule is CC(C)OCCN(C)C(=O)c1ccc2c(c1)NC(=O)C2. The standard InChI is InChI=1S/C15H20N2O3/c1-10(2)20-7-6-17(3)15(19)12-5-4-11-9-14(18)16-13(11)8-12/h4-5,8,10H,6-7,9H2,1-3H3,(H,16,18). The van der Waals surface area contributed by atoms with Gasteiger partial charge >= 0.3 is 0 Å². The Morgan fingerprint density at radius 2 is 2.20 bits per heavy atom. The molecule has 1 N–H and O–H groups in total. The van der Waals surface area contributed by atoms with Crippen molar-refractivity contribution in [3.05, 3.63) is 29.3 Å². The third kappa shape index (κ3) is 3.36. The molecule has 1 heterocycles. The summed E-state index contributed by atoms with van der Waals surface area (Å²) < 4.78 is 5.44. The van der Waals surface area contributed by atoms with Crippen LogP contribution in [-0.2, 0) is 16.0 Å². The van der Waals surface area contributed by atoms with Crippen LogP contribution in [0.2, 0.25) is 0 Å². The first-order valence-corrected chi connectivity index (χ1v) is 6.77. The molecule has 2 rings (SSSR count). The maximum absolute atomic E-state index is 12.3. The summed E-state index contributed by atoms with van der Waals surface area (Å²) in [6, 6.07) is 5.34. The zero-order valence-electron chi connectivity index (χ0n) is 12.1. The number of benzene rings is 1. The van der Waals surface area contributed by atoms with Crippen molar-refractivity contribution >= 4 is 17.5 Å². The lowest BCUT2D eigenvalue weighted by molar-refractivity contribution is -0.115. The van der Waals surface area contributed by atoms with E-state index in [0.717, 1.165) is 11.3 Å². The van der Waals surface area contributed by atoms with Crippen molar-refractivity contribution in [1.82, 2.24) is 4.90 Å². The predicted octanol–water partition coefficient (Wildman–Crippen LogP) is 1.68. The number of rotatable bonds is 5. The highest BCUT2D eigenvalue weighted by Crippen LogP contribution is 2.24. The molecule has 0 saturated heterocycles. The van der Waals surface area contributed by atoms with E-state index in [2.05, 4.69) is 5.32 Å². The Morgan fingerprint density at radius 1 is 1.45 bits per heavy atom. The molecule has 0 radical (unpaired) electrons. The second-order valence-corrected chi connectivity index (χ2v) is 5.24. The van der Waals surface area contributed by atoms with E-state index >= 15 is 0 Å². The highest BCUT2D eigenvalue weighted by Gasteiger charge is 2.20. The van der Waals surface area contributed by atoms with Gasteiger partial charge in [-0.2, -0.15) is 0 Å². The Morgan fingerprint density at radius 3 is 2.90 bits per heavy atom. The molecule has 0 aromatic heterocycles. The van der Waals surface area contributed by atoms with Crippen LogP contribution in [0.4, 0.5) is 5.69 Å². The summed E-state index contributed by atoms with van der Waals surface area (Å²) in [6.07, 6.45) is 0.552. The lowest BCUT2D eigenvalue weighted by atomic mass is 10.1. The number of carbonyl (C=O) groups is 2. The highest BCUT2D eigenvalue weighted by molar-refractivity contribution is 6.02. The van der Waals surface area contributed by atoms with Gasteiger partial charge in [0.05, 0.1) is 19.1 Å². The average molecular weight is 276 g/mol. The number of amides is 2. The first-order valence-electron chi connectivity index (χ1n) is 6.77.